The van der Waals surface area contributed by atoms with Crippen molar-refractivity contribution in [1.29, 1.82) is 0 Å². The van der Waals surface area contributed by atoms with Crippen molar-refractivity contribution in [3.8, 4) is 0 Å². The summed E-state index contributed by atoms with van der Waals surface area (Å²) in [6.45, 7) is 4.61. The van der Waals surface area contributed by atoms with E-state index in [-0.39, 0.29) is 18.3 Å². The second kappa shape index (κ2) is 8.58. The summed E-state index contributed by atoms with van der Waals surface area (Å²) >= 11 is 0. The molecule has 25 heavy (non-hydrogen) atoms. The maximum atomic E-state index is 13.5. The molecule has 2 aromatic rings. The Morgan fingerprint density at radius 1 is 1.08 bits per heavy atom. The minimum atomic E-state index is -0.284. The van der Waals surface area contributed by atoms with E-state index in [0.717, 1.165) is 38.5 Å². The number of nitrogens with one attached hydrogen (secondary N) is 1. The van der Waals surface area contributed by atoms with Crippen LogP contribution in [0.1, 0.15) is 12.0 Å². The minimum Gasteiger partial charge on any atom is -0.354 e. The zero-order valence-electron chi connectivity index (χ0n) is 14.2. The standard InChI is InChI=1S/C19H23FN4O/c20-17-6-2-1-5-16(17)15-22-19(25)8-10-23-11-13-24(14-12-23)18-7-3-4-9-21-18/h1-7,9H,8,10-15H2,(H,22,25). The third-order valence-corrected chi connectivity index (χ3v) is 4.43. The van der Waals surface area contributed by atoms with Crippen molar-refractivity contribution in [1.82, 2.24) is 15.2 Å². The number of anilines is 1. The van der Waals surface area contributed by atoms with Crippen LogP contribution in [0.2, 0.25) is 0 Å². The average Bonchev–Trinajstić information content (AvgIpc) is 2.67. The van der Waals surface area contributed by atoms with E-state index in [2.05, 4.69) is 20.1 Å². The molecule has 0 unspecified atom stereocenters. The average molecular weight is 342 g/mol. The van der Waals surface area contributed by atoms with Gasteiger partial charge in [0.05, 0.1) is 0 Å². The molecule has 6 heteroatoms. The fourth-order valence-electron chi connectivity index (χ4n) is 2.92. The fraction of sp³-hybridized carbons (Fsp3) is 0.368. The van der Waals surface area contributed by atoms with E-state index in [0.29, 0.717) is 12.0 Å². The van der Waals surface area contributed by atoms with Gasteiger partial charge in [-0.2, -0.15) is 0 Å². The first kappa shape index (κ1) is 17.4. The summed E-state index contributed by atoms with van der Waals surface area (Å²) in [6.07, 6.45) is 2.24. The zero-order chi connectivity index (χ0) is 17.5. The van der Waals surface area contributed by atoms with E-state index in [1.807, 2.05) is 24.4 Å². The molecule has 1 aliphatic rings. The summed E-state index contributed by atoms with van der Waals surface area (Å²) in [7, 11) is 0. The van der Waals surface area contributed by atoms with Crippen molar-refractivity contribution in [3.63, 3.8) is 0 Å². The van der Waals surface area contributed by atoms with Crippen LogP contribution in [0.25, 0.3) is 0 Å². The Hall–Kier alpha value is -2.47. The summed E-state index contributed by atoms with van der Waals surface area (Å²) in [5, 5.41) is 2.79. The molecule has 1 fully saturated rings. The first-order chi connectivity index (χ1) is 12.2. The third kappa shape index (κ3) is 5.00. The van der Waals surface area contributed by atoms with Crippen LogP contribution in [-0.4, -0.2) is 48.5 Å². The molecule has 1 aliphatic heterocycles. The van der Waals surface area contributed by atoms with Crippen LogP contribution in [0.3, 0.4) is 0 Å². The topological polar surface area (TPSA) is 48.5 Å². The second-order valence-electron chi connectivity index (χ2n) is 6.13. The summed E-state index contributed by atoms with van der Waals surface area (Å²) in [5.41, 5.74) is 0.514. The van der Waals surface area contributed by atoms with Crippen molar-refractivity contribution in [2.75, 3.05) is 37.6 Å². The van der Waals surface area contributed by atoms with E-state index in [1.54, 1.807) is 18.2 Å². The Labute approximate surface area is 147 Å². The highest BCUT2D eigenvalue weighted by molar-refractivity contribution is 5.76. The number of rotatable bonds is 6. The zero-order valence-corrected chi connectivity index (χ0v) is 14.2. The third-order valence-electron chi connectivity index (χ3n) is 4.43. The first-order valence-corrected chi connectivity index (χ1v) is 8.61. The Morgan fingerprint density at radius 2 is 1.84 bits per heavy atom. The highest BCUT2D eigenvalue weighted by Gasteiger charge is 2.18. The quantitative estimate of drug-likeness (QED) is 0.873. The number of hydrogen-bond acceptors (Lipinski definition) is 4. The van der Waals surface area contributed by atoms with Gasteiger partial charge in [0.1, 0.15) is 11.6 Å². The lowest BCUT2D eigenvalue weighted by atomic mass is 10.2. The number of hydrogen-bond donors (Lipinski definition) is 1. The van der Waals surface area contributed by atoms with E-state index >= 15 is 0 Å². The summed E-state index contributed by atoms with van der Waals surface area (Å²) in [5.74, 6) is 0.675. The van der Waals surface area contributed by atoms with Crippen LogP contribution < -0.4 is 10.2 Å². The smallest absolute Gasteiger partial charge is 0.221 e. The van der Waals surface area contributed by atoms with Crippen molar-refractivity contribution in [2.24, 2.45) is 0 Å². The lowest BCUT2D eigenvalue weighted by Crippen LogP contribution is -2.47. The second-order valence-corrected chi connectivity index (χ2v) is 6.13. The Morgan fingerprint density at radius 3 is 2.56 bits per heavy atom. The molecule has 0 saturated carbocycles. The normalized spacial score (nSPS) is 15.2. The summed E-state index contributed by atoms with van der Waals surface area (Å²) in [6, 6.07) is 12.4. The molecule has 0 atom stereocenters. The highest BCUT2D eigenvalue weighted by atomic mass is 19.1. The molecule has 132 valence electrons. The molecule has 1 aromatic heterocycles. The SMILES string of the molecule is O=C(CCN1CCN(c2ccccn2)CC1)NCc1ccccc1F. The molecule has 1 N–H and O–H groups in total. The van der Waals surface area contributed by atoms with E-state index in [1.165, 1.54) is 6.07 Å². The molecule has 0 spiro atoms. The predicted octanol–water partition coefficient (Wildman–Crippen LogP) is 2.05. The van der Waals surface area contributed by atoms with E-state index in [4.69, 9.17) is 0 Å². The Bertz CT molecular complexity index is 687. The number of piperazine rings is 1. The number of aromatic nitrogens is 1. The number of carbonyl (C=O) groups excluding carboxylic acids is 1. The van der Waals surface area contributed by atoms with Gasteiger partial charge in [-0.25, -0.2) is 9.37 Å². The van der Waals surface area contributed by atoms with Gasteiger partial charge in [-0.05, 0) is 18.2 Å². The van der Waals surface area contributed by atoms with Crippen molar-refractivity contribution < 1.29 is 9.18 Å². The van der Waals surface area contributed by atoms with Crippen LogP contribution >= 0.6 is 0 Å². The molecule has 0 aliphatic carbocycles. The molecule has 1 aromatic carbocycles. The van der Waals surface area contributed by atoms with E-state index < -0.39 is 0 Å². The number of benzene rings is 1. The largest absolute Gasteiger partial charge is 0.354 e. The monoisotopic (exact) mass is 342 g/mol. The molecule has 0 bridgehead atoms. The van der Waals surface area contributed by atoms with E-state index in [9.17, 15) is 9.18 Å². The number of nitrogens with zero attached hydrogens (tertiary/aromatic N) is 3. The molecular formula is C19H23FN4O. The van der Waals surface area contributed by atoms with Crippen LogP contribution in [0.15, 0.2) is 48.7 Å². The van der Waals surface area contributed by atoms with Gasteiger partial charge in [0.25, 0.3) is 0 Å². The van der Waals surface area contributed by atoms with Gasteiger partial charge in [-0.3, -0.25) is 9.69 Å². The van der Waals surface area contributed by atoms with Crippen molar-refractivity contribution in [2.45, 2.75) is 13.0 Å². The molecular weight excluding hydrogens is 319 g/mol. The van der Waals surface area contributed by atoms with Gasteiger partial charge in [0.15, 0.2) is 0 Å². The van der Waals surface area contributed by atoms with Gasteiger partial charge >= 0.3 is 0 Å². The van der Waals surface area contributed by atoms with Crippen LogP contribution in [0.4, 0.5) is 10.2 Å². The molecule has 3 rings (SSSR count). The molecule has 0 radical (unpaired) electrons. The summed E-state index contributed by atoms with van der Waals surface area (Å²) in [4.78, 5) is 20.9. The fourth-order valence-corrected chi connectivity index (χ4v) is 2.92. The van der Waals surface area contributed by atoms with Gasteiger partial charge in [-0.15, -0.1) is 0 Å². The maximum absolute atomic E-state index is 13.5. The minimum absolute atomic E-state index is 0.0459. The molecule has 1 amide bonds. The van der Waals surface area contributed by atoms with Crippen LogP contribution in [0.5, 0.6) is 0 Å². The molecule has 1 saturated heterocycles. The van der Waals surface area contributed by atoms with Gasteiger partial charge < -0.3 is 10.2 Å². The number of pyridine rings is 1. The first-order valence-electron chi connectivity index (χ1n) is 8.61. The van der Waals surface area contributed by atoms with Gasteiger partial charge in [0.2, 0.25) is 5.91 Å². The van der Waals surface area contributed by atoms with Gasteiger partial charge in [-0.1, -0.05) is 24.3 Å². The summed E-state index contributed by atoms with van der Waals surface area (Å²) < 4.78 is 13.5. The number of halogens is 1. The predicted molar refractivity (Wildman–Crippen MR) is 95.8 cm³/mol. The molecule has 5 nitrogen and oxygen atoms in total. The lowest BCUT2D eigenvalue weighted by Gasteiger charge is -2.35. The van der Waals surface area contributed by atoms with Crippen LogP contribution in [0, 0.1) is 5.82 Å². The Kier molecular flexibility index (Phi) is 5.95. The lowest BCUT2D eigenvalue weighted by molar-refractivity contribution is -0.121. The van der Waals surface area contributed by atoms with Crippen molar-refractivity contribution in [3.05, 3.63) is 60.0 Å². The number of carbonyl (C=O) groups is 1. The van der Waals surface area contributed by atoms with Crippen molar-refractivity contribution >= 4 is 11.7 Å². The van der Waals surface area contributed by atoms with Gasteiger partial charge in [0, 0.05) is 57.4 Å². The molecule has 2 heterocycles. The van der Waals surface area contributed by atoms with Crippen LogP contribution in [-0.2, 0) is 11.3 Å². The Balaban J connectivity index is 1.37. The number of amides is 1. The maximum Gasteiger partial charge on any atom is 0.221 e. The highest BCUT2D eigenvalue weighted by Crippen LogP contribution is 2.12.